The summed E-state index contributed by atoms with van der Waals surface area (Å²) in [6.45, 7) is 0. The summed E-state index contributed by atoms with van der Waals surface area (Å²) in [5, 5.41) is 19.8. The van der Waals surface area contributed by atoms with Gasteiger partial charge >= 0.3 is 6.03 Å². The van der Waals surface area contributed by atoms with Gasteiger partial charge in [0.2, 0.25) is 0 Å². The number of rotatable bonds is 2. The molecule has 1 aromatic carbocycles. The Labute approximate surface area is 98.3 Å². The second kappa shape index (κ2) is 3.97. The normalized spacial score (nSPS) is 19.4. The monoisotopic (exact) mass is 235 g/mol. The van der Waals surface area contributed by atoms with Crippen molar-refractivity contribution in [2.75, 3.05) is 14.2 Å². The maximum atomic E-state index is 11.4. The van der Waals surface area contributed by atoms with E-state index >= 15 is 0 Å². The van der Waals surface area contributed by atoms with E-state index in [1.165, 1.54) is 18.1 Å². The molecular weight excluding hydrogens is 222 g/mol. The van der Waals surface area contributed by atoms with Crippen LogP contribution in [0.25, 0.3) is 0 Å². The Morgan fingerprint density at radius 3 is 2.71 bits per heavy atom. The number of methoxy groups -OCH3 is 1. The zero-order chi connectivity index (χ0) is 12.6. The predicted molar refractivity (Wildman–Crippen MR) is 61.4 cm³/mol. The lowest BCUT2D eigenvalue weighted by Crippen LogP contribution is -2.25. The summed E-state index contributed by atoms with van der Waals surface area (Å²) in [4.78, 5) is 12.8. The van der Waals surface area contributed by atoms with E-state index in [9.17, 15) is 9.90 Å². The van der Waals surface area contributed by atoms with E-state index in [4.69, 9.17) is 10.1 Å². The molecule has 0 radical (unpaired) electrons. The maximum absolute atomic E-state index is 11.4. The summed E-state index contributed by atoms with van der Waals surface area (Å²) >= 11 is 0. The second-order valence-electron chi connectivity index (χ2n) is 3.79. The van der Waals surface area contributed by atoms with Crippen LogP contribution in [-0.4, -0.2) is 36.0 Å². The van der Waals surface area contributed by atoms with Gasteiger partial charge in [0, 0.05) is 7.05 Å². The third-order valence-corrected chi connectivity index (χ3v) is 2.74. The van der Waals surface area contributed by atoms with Crippen LogP contribution in [0.5, 0.6) is 11.5 Å². The minimum absolute atomic E-state index is 0.00875. The van der Waals surface area contributed by atoms with Gasteiger partial charge in [-0.15, -0.1) is 0 Å². The molecule has 1 aliphatic rings. The Bertz CT molecular complexity index is 487. The highest BCUT2D eigenvalue weighted by Crippen LogP contribution is 2.32. The van der Waals surface area contributed by atoms with E-state index in [1.54, 1.807) is 19.2 Å². The van der Waals surface area contributed by atoms with Crippen LogP contribution in [0, 0.1) is 5.41 Å². The van der Waals surface area contributed by atoms with Gasteiger partial charge in [-0.1, -0.05) is 6.07 Å². The molecule has 3 N–H and O–H groups in total. The lowest BCUT2D eigenvalue weighted by molar-refractivity contribution is 0.217. The molecule has 1 saturated heterocycles. The molecular formula is C11H13N3O3. The van der Waals surface area contributed by atoms with E-state index in [-0.39, 0.29) is 17.6 Å². The predicted octanol–water partition coefficient (Wildman–Crippen LogP) is 1.07. The van der Waals surface area contributed by atoms with Crippen LogP contribution in [0.2, 0.25) is 0 Å². The van der Waals surface area contributed by atoms with Crippen LogP contribution in [0.4, 0.5) is 4.79 Å². The number of nitrogens with one attached hydrogen (secondary N) is 2. The lowest BCUT2D eigenvalue weighted by Gasteiger charge is -2.18. The summed E-state index contributed by atoms with van der Waals surface area (Å²) in [6, 6.07) is 4.01. The minimum Gasteiger partial charge on any atom is -0.504 e. The number of carbonyl (C=O) groups excluding carboxylic acids is 1. The van der Waals surface area contributed by atoms with Gasteiger partial charge in [-0.05, 0) is 17.7 Å². The molecule has 90 valence electrons. The zero-order valence-electron chi connectivity index (χ0n) is 9.52. The van der Waals surface area contributed by atoms with Gasteiger partial charge in [0.1, 0.15) is 11.9 Å². The van der Waals surface area contributed by atoms with Gasteiger partial charge in [-0.2, -0.15) is 0 Å². The molecule has 6 heteroatoms. The Morgan fingerprint density at radius 1 is 1.53 bits per heavy atom. The molecule has 0 aliphatic carbocycles. The van der Waals surface area contributed by atoms with Gasteiger partial charge in [0.05, 0.1) is 7.11 Å². The molecule has 1 aromatic rings. The second-order valence-corrected chi connectivity index (χ2v) is 3.79. The zero-order valence-corrected chi connectivity index (χ0v) is 9.52. The van der Waals surface area contributed by atoms with Gasteiger partial charge in [0.25, 0.3) is 0 Å². The van der Waals surface area contributed by atoms with Crippen molar-refractivity contribution in [3.8, 4) is 11.5 Å². The molecule has 2 amide bonds. The molecule has 0 bridgehead atoms. The van der Waals surface area contributed by atoms with Gasteiger partial charge < -0.3 is 14.7 Å². The number of hydrogen-bond donors (Lipinski definition) is 3. The quantitative estimate of drug-likeness (QED) is 0.716. The van der Waals surface area contributed by atoms with E-state index < -0.39 is 6.04 Å². The Balaban J connectivity index is 2.38. The molecule has 1 atom stereocenters. The Kier molecular flexibility index (Phi) is 2.63. The van der Waals surface area contributed by atoms with E-state index in [2.05, 4.69) is 5.32 Å². The third kappa shape index (κ3) is 1.77. The Hall–Kier alpha value is -2.24. The molecule has 0 spiro atoms. The van der Waals surface area contributed by atoms with Crippen LogP contribution in [0.1, 0.15) is 11.6 Å². The standard InChI is InChI=1S/C11H13N3O3/c1-14-9(10(12)13-11(14)16)6-3-4-8(17-2)7(15)5-6/h3-5,9,15H,1-2H3,(H2,12,13,16). The Morgan fingerprint density at radius 2 is 2.24 bits per heavy atom. The van der Waals surface area contributed by atoms with Gasteiger partial charge in [-0.25, -0.2) is 4.79 Å². The molecule has 0 saturated carbocycles. The summed E-state index contributed by atoms with van der Waals surface area (Å²) in [6.07, 6.45) is 0. The van der Waals surface area contributed by atoms with Crippen molar-refractivity contribution in [3.05, 3.63) is 23.8 Å². The fraction of sp³-hybridized carbons (Fsp3) is 0.273. The van der Waals surface area contributed by atoms with Crippen molar-refractivity contribution in [2.45, 2.75) is 6.04 Å². The summed E-state index contributed by atoms with van der Waals surface area (Å²) in [5.41, 5.74) is 0.661. The van der Waals surface area contributed by atoms with Crippen molar-refractivity contribution in [1.82, 2.24) is 10.2 Å². The number of urea groups is 1. The van der Waals surface area contributed by atoms with Crippen molar-refractivity contribution in [3.63, 3.8) is 0 Å². The molecule has 2 rings (SSSR count). The number of amides is 2. The van der Waals surface area contributed by atoms with E-state index in [1.807, 2.05) is 0 Å². The number of phenolic OH excluding ortho intramolecular Hbond substituents is 1. The molecule has 1 aliphatic heterocycles. The number of amidine groups is 1. The molecule has 6 nitrogen and oxygen atoms in total. The van der Waals surface area contributed by atoms with Gasteiger partial charge in [0.15, 0.2) is 11.5 Å². The summed E-state index contributed by atoms with van der Waals surface area (Å²) in [5.74, 6) is 0.452. The first kappa shape index (κ1) is 11.3. The largest absolute Gasteiger partial charge is 0.504 e. The van der Waals surface area contributed by atoms with Crippen LogP contribution in [0.15, 0.2) is 18.2 Å². The fourth-order valence-corrected chi connectivity index (χ4v) is 1.85. The number of aromatic hydroxyl groups is 1. The van der Waals surface area contributed by atoms with Crippen LogP contribution in [0.3, 0.4) is 0 Å². The SMILES string of the molecule is COc1ccc(C2C(=N)NC(=O)N2C)cc1O. The highest BCUT2D eigenvalue weighted by atomic mass is 16.5. The number of ether oxygens (including phenoxy) is 1. The molecule has 1 fully saturated rings. The first-order chi connectivity index (χ1) is 8.04. The third-order valence-electron chi connectivity index (χ3n) is 2.74. The van der Waals surface area contributed by atoms with Crippen molar-refractivity contribution < 1.29 is 14.6 Å². The smallest absolute Gasteiger partial charge is 0.323 e. The topological polar surface area (TPSA) is 85.7 Å². The van der Waals surface area contributed by atoms with Crippen molar-refractivity contribution >= 4 is 11.9 Å². The number of carbonyl (C=O) groups is 1. The van der Waals surface area contributed by atoms with E-state index in [0.29, 0.717) is 11.3 Å². The fourth-order valence-electron chi connectivity index (χ4n) is 1.85. The van der Waals surface area contributed by atoms with Crippen LogP contribution < -0.4 is 10.1 Å². The average molecular weight is 235 g/mol. The number of likely N-dealkylation sites (N-methyl/N-ethyl adjacent to an activating group) is 1. The first-order valence-electron chi connectivity index (χ1n) is 5.03. The maximum Gasteiger partial charge on any atom is 0.323 e. The number of benzene rings is 1. The van der Waals surface area contributed by atoms with Crippen LogP contribution in [-0.2, 0) is 0 Å². The van der Waals surface area contributed by atoms with Crippen LogP contribution >= 0.6 is 0 Å². The van der Waals surface area contributed by atoms with Crippen molar-refractivity contribution in [1.29, 1.82) is 5.41 Å². The molecule has 0 aromatic heterocycles. The van der Waals surface area contributed by atoms with E-state index in [0.717, 1.165) is 0 Å². The van der Waals surface area contributed by atoms with Crippen molar-refractivity contribution in [2.24, 2.45) is 0 Å². The number of phenols is 1. The highest BCUT2D eigenvalue weighted by Gasteiger charge is 2.34. The lowest BCUT2D eigenvalue weighted by atomic mass is 10.1. The molecule has 1 heterocycles. The summed E-state index contributed by atoms with van der Waals surface area (Å²) < 4.78 is 4.94. The first-order valence-corrected chi connectivity index (χ1v) is 5.03. The number of nitrogens with zero attached hydrogens (tertiary/aromatic N) is 1. The highest BCUT2D eigenvalue weighted by molar-refractivity contribution is 6.05. The molecule has 17 heavy (non-hydrogen) atoms. The van der Waals surface area contributed by atoms with Gasteiger partial charge in [-0.3, -0.25) is 10.7 Å². The summed E-state index contributed by atoms with van der Waals surface area (Å²) in [7, 11) is 3.06. The minimum atomic E-state index is -0.487. The number of hydrogen-bond acceptors (Lipinski definition) is 4. The molecule has 1 unspecified atom stereocenters. The average Bonchev–Trinajstić information content (AvgIpc) is 2.53.